The Hall–Kier alpha value is -1.52. The first-order chi connectivity index (χ1) is 12.2. The van der Waals surface area contributed by atoms with Crippen LogP contribution in [-0.4, -0.2) is 49.4 Å². The van der Waals surface area contributed by atoms with E-state index in [1.807, 2.05) is 0 Å². The second kappa shape index (κ2) is 6.03. The summed E-state index contributed by atoms with van der Waals surface area (Å²) in [7, 11) is 0. The van der Waals surface area contributed by atoms with Gasteiger partial charge in [0, 0.05) is 44.6 Å². The van der Waals surface area contributed by atoms with Gasteiger partial charge in [-0.05, 0) is 41.7 Å². The van der Waals surface area contributed by atoms with E-state index in [-0.39, 0.29) is 5.60 Å². The molecule has 25 heavy (non-hydrogen) atoms. The average molecular weight is 340 g/mol. The van der Waals surface area contributed by atoms with Gasteiger partial charge < -0.3 is 14.8 Å². The summed E-state index contributed by atoms with van der Waals surface area (Å²) in [6.07, 6.45) is 6.84. The zero-order chi connectivity index (χ0) is 16.9. The molecule has 1 spiro atoms. The van der Waals surface area contributed by atoms with Crippen molar-refractivity contribution in [3.8, 4) is 5.75 Å². The molecular weight excluding hydrogens is 312 g/mol. The molecule has 0 aliphatic carbocycles. The molecule has 0 amide bonds. The van der Waals surface area contributed by atoms with E-state index in [0.29, 0.717) is 6.04 Å². The van der Waals surface area contributed by atoms with Crippen LogP contribution in [0.25, 0.3) is 5.70 Å². The van der Waals surface area contributed by atoms with Gasteiger partial charge in [0.05, 0.1) is 19.3 Å². The van der Waals surface area contributed by atoms with Crippen LogP contribution in [0.2, 0.25) is 0 Å². The minimum atomic E-state index is 0.0327. The van der Waals surface area contributed by atoms with Crippen LogP contribution in [0.3, 0.4) is 0 Å². The van der Waals surface area contributed by atoms with Crippen molar-refractivity contribution in [3.63, 3.8) is 0 Å². The van der Waals surface area contributed by atoms with E-state index in [1.54, 1.807) is 0 Å². The lowest BCUT2D eigenvalue weighted by Crippen LogP contribution is -2.56. The lowest BCUT2D eigenvalue weighted by molar-refractivity contribution is -0.0897. The minimum Gasteiger partial charge on any atom is -0.487 e. The molecule has 4 heterocycles. The molecule has 1 aromatic carbocycles. The van der Waals surface area contributed by atoms with Crippen molar-refractivity contribution in [3.05, 3.63) is 35.4 Å². The zero-order valence-corrected chi connectivity index (χ0v) is 15.1. The van der Waals surface area contributed by atoms with E-state index in [4.69, 9.17) is 9.47 Å². The van der Waals surface area contributed by atoms with Gasteiger partial charge in [-0.1, -0.05) is 13.0 Å². The Morgan fingerprint density at radius 2 is 2.04 bits per heavy atom. The second-order valence-electron chi connectivity index (χ2n) is 8.35. The van der Waals surface area contributed by atoms with E-state index < -0.39 is 0 Å². The second-order valence-corrected chi connectivity index (χ2v) is 8.35. The van der Waals surface area contributed by atoms with E-state index in [0.717, 1.165) is 63.8 Å². The van der Waals surface area contributed by atoms with Crippen molar-refractivity contribution in [2.45, 2.75) is 44.2 Å². The number of ether oxygens (including phenoxy) is 2. The van der Waals surface area contributed by atoms with Crippen molar-refractivity contribution in [2.24, 2.45) is 5.92 Å². The summed E-state index contributed by atoms with van der Waals surface area (Å²) < 4.78 is 11.8. The van der Waals surface area contributed by atoms with Crippen LogP contribution in [0.4, 0.5) is 0 Å². The van der Waals surface area contributed by atoms with Gasteiger partial charge in [0.25, 0.3) is 0 Å². The lowest BCUT2D eigenvalue weighted by Gasteiger charge is -2.44. The fourth-order valence-electron chi connectivity index (χ4n) is 4.59. The first-order valence-corrected chi connectivity index (χ1v) is 9.79. The molecule has 0 saturated carbocycles. The third-order valence-corrected chi connectivity index (χ3v) is 6.42. The predicted molar refractivity (Wildman–Crippen MR) is 98.7 cm³/mol. The molecule has 0 radical (unpaired) electrons. The Bertz CT molecular complexity index is 687. The topological polar surface area (TPSA) is 33.7 Å². The SMILES string of the molecule is C[C@H]1CC=C(c2ccc3c(c2)CC2(CCN(C4COC4)CC2)O3)NC1. The van der Waals surface area contributed by atoms with Crippen molar-refractivity contribution >= 4 is 5.70 Å². The van der Waals surface area contributed by atoms with Crippen LogP contribution >= 0.6 is 0 Å². The number of piperidine rings is 1. The monoisotopic (exact) mass is 340 g/mol. The molecule has 134 valence electrons. The van der Waals surface area contributed by atoms with Crippen molar-refractivity contribution in [2.75, 3.05) is 32.8 Å². The molecule has 0 unspecified atom stereocenters. The summed E-state index contributed by atoms with van der Waals surface area (Å²) >= 11 is 0. The Labute approximate surface area is 150 Å². The van der Waals surface area contributed by atoms with Crippen LogP contribution in [0.15, 0.2) is 24.3 Å². The third kappa shape index (κ3) is 2.85. The van der Waals surface area contributed by atoms with E-state index in [1.165, 1.54) is 23.2 Å². The lowest BCUT2D eigenvalue weighted by atomic mass is 9.86. The highest BCUT2D eigenvalue weighted by Gasteiger charge is 2.43. The van der Waals surface area contributed by atoms with Gasteiger partial charge in [-0.15, -0.1) is 0 Å². The number of rotatable bonds is 2. The summed E-state index contributed by atoms with van der Waals surface area (Å²) in [6, 6.07) is 7.41. The molecule has 1 aromatic rings. The maximum Gasteiger partial charge on any atom is 0.123 e. The van der Waals surface area contributed by atoms with Crippen LogP contribution < -0.4 is 10.1 Å². The number of fused-ring (bicyclic) bond motifs is 1. The molecule has 0 aromatic heterocycles. The fourth-order valence-corrected chi connectivity index (χ4v) is 4.59. The quantitative estimate of drug-likeness (QED) is 0.898. The van der Waals surface area contributed by atoms with Gasteiger partial charge in [-0.25, -0.2) is 0 Å². The van der Waals surface area contributed by atoms with E-state index in [9.17, 15) is 0 Å². The number of allylic oxidation sites excluding steroid dienone is 1. The molecule has 1 atom stereocenters. The molecular formula is C21H28N2O2. The van der Waals surface area contributed by atoms with Crippen LogP contribution in [0.5, 0.6) is 5.75 Å². The molecule has 4 aliphatic heterocycles. The Kier molecular flexibility index (Phi) is 3.79. The Morgan fingerprint density at radius 1 is 1.20 bits per heavy atom. The van der Waals surface area contributed by atoms with Gasteiger partial charge in [0.1, 0.15) is 11.4 Å². The first kappa shape index (κ1) is 15.7. The summed E-state index contributed by atoms with van der Waals surface area (Å²) in [5.74, 6) is 1.84. The smallest absolute Gasteiger partial charge is 0.123 e. The Morgan fingerprint density at radius 3 is 2.72 bits per heavy atom. The summed E-state index contributed by atoms with van der Waals surface area (Å²) in [4.78, 5) is 2.59. The highest BCUT2D eigenvalue weighted by atomic mass is 16.5. The molecule has 0 bridgehead atoms. The molecule has 4 aliphatic rings. The highest BCUT2D eigenvalue weighted by Crippen LogP contribution is 2.42. The largest absolute Gasteiger partial charge is 0.487 e. The number of nitrogens with zero attached hydrogens (tertiary/aromatic N) is 1. The van der Waals surface area contributed by atoms with Crippen LogP contribution in [0, 0.1) is 5.92 Å². The normalized spacial score (nSPS) is 28.7. The molecule has 2 fully saturated rings. The molecule has 2 saturated heterocycles. The fraction of sp³-hybridized carbons (Fsp3) is 0.619. The predicted octanol–water partition coefficient (Wildman–Crippen LogP) is 2.83. The van der Waals surface area contributed by atoms with Crippen molar-refractivity contribution < 1.29 is 9.47 Å². The summed E-state index contributed by atoms with van der Waals surface area (Å²) in [5.41, 5.74) is 4.03. The standard InChI is InChI=1S/C21H28N2O2/c1-15-2-4-19(22-12-15)16-3-5-20-17(10-16)11-21(25-20)6-8-23(9-7-21)18-13-24-14-18/h3-5,10,15,18,22H,2,6-9,11-14H2,1H3/t15-/m0/s1. The Balaban J connectivity index is 1.29. The highest BCUT2D eigenvalue weighted by molar-refractivity contribution is 5.66. The van der Waals surface area contributed by atoms with Crippen molar-refractivity contribution in [1.82, 2.24) is 10.2 Å². The molecule has 5 rings (SSSR count). The van der Waals surface area contributed by atoms with Crippen LogP contribution in [0.1, 0.15) is 37.3 Å². The van der Waals surface area contributed by atoms with E-state index >= 15 is 0 Å². The minimum absolute atomic E-state index is 0.0327. The van der Waals surface area contributed by atoms with Crippen molar-refractivity contribution in [1.29, 1.82) is 0 Å². The first-order valence-electron chi connectivity index (χ1n) is 9.79. The van der Waals surface area contributed by atoms with E-state index in [2.05, 4.69) is 41.4 Å². The number of hydrogen-bond donors (Lipinski definition) is 1. The number of benzene rings is 1. The zero-order valence-electron chi connectivity index (χ0n) is 15.1. The van der Waals surface area contributed by atoms with Crippen LogP contribution in [-0.2, 0) is 11.2 Å². The average Bonchev–Trinajstić information content (AvgIpc) is 2.93. The molecule has 4 heteroatoms. The summed E-state index contributed by atoms with van der Waals surface area (Å²) in [6.45, 7) is 7.47. The summed E-state index contributed by atoms with van der Waals surface area (Å²) in [5, 5.41) is 3.58. The maximum absolute atomic E-state index is 6.48. The van der Waals surface area contributed by atoms with Gasteiger partial charge >= 0.3 is 0 Å². The van der Waals surface area contributed by atoms with Gasteiger partial charge in [-0.2, -0.15) is 0 Å². The number of hydrogen-bond acceptors (Lipinski definition) is 4. The third-order valence-electron chi connectivity index (χ3n) is 6.42. The molecule has 1 N–H and O–H groups in total. The maximum atomic E-state index is 6.48. The number of likely N-dealkylation sites (tertiary alicyclic amines) is 1. The van der Waals surface area contributed by atoms with Gasteiger partial charge in [-0.3, -0.25) is 4.90 Å². The van der Waals surface area contributed by atoms with Gasteiger partial charge in [0.2, 0.25) is 0 Å². The number of nitrogens with one attached hydrogen (secondary N) is 1. The van der Waals surface area contributed by atoms with Gasteiger partial charge in [0.15, 0.2) is 0 Å². The molecule has 4 nitrogen and oxygen atoms in total.